The van der Waals surface area contributed by atoms with Crippen molar-refractivity contribution in [1.29, 1.82) is 0 Å². The molecule has 0 spiro atoms. The van der Waals surface area contributed by atoms with Crippen LogP contribution in [-0.2, 0) is 21.0 Å². The number of ether oxygens (including phenoxy) is 2. The van der Waals surface area contributed by atoms with Crippen molar-refractivity contribution in [2.45, 2.75) is 17.5 Å². The topological polar surface area (TPSA) is 154 Å². The van der Waals surface area contributed by atoms with Crippen LogP contribution in [0.15, 0.2) is 11.0 Å². The van der Waals surface area contributed by atoms with Crippen LogP contribution in [-0.4, -0.2) is 98.4 Å². The van der Waals surface area contributed by atoms with E-state index < -0.39 is 43.7 Å². The summed E-state index contributed by atoms with van der Waals surface area (Å²) in [5.74, 6) is -1.45. The van der Waals surface area contributed by atoms with Gasteiger partial charge in [0.2, 0.25) is 5.95 Å². The summed E-state index contributed by atoms with van der Waals surface area (Å²) >= 11 is 0. The number of nitrogen functional groups attached to an aromatic ring is 1. The maximum Gasteiger partial charge on any atom is 0.421 e. The van der Waals surface area contributed by atoms with Crippen LogP contribution in [0.5, 0.6) is 5.75 Å². The Morgan fingerprint density at radius 2 is 1.78 bits per heavy atom. The van der Waals surface area contributed by atoms with Crippen LogP contribution in [0.4, 0.5) is 29.7 Å². The zero-order valence-corrected chi connectivity index (χ0v) is 20.1. The number of anilines is 2. The van der Waals surface area contributed by atoms with E-state index in [9.17, 15) is 30.9 Å². The highest BCUT2D eigenvalue weighted by Gasteiger charge is 2.41. The lowest BCUT2D eigenvalue weighted by Gasteiger charge is -2.32. The Morgan fingerprint density at radius 3 is 2.39 bits per heavy atom. The zero-order chi connectivity index (χ0) is 26.3. The van der Waals surface area contributed by atoms with E-state index in [4.69, 9.17) is 15.2 Å². The van der Waals surface area contributed by atoms with Gasteiger partial charge in [0.15, 0.2) is 0 Å². The standard InChI is InChI=1S/C20H25F3N6O6S/c1-34-13-11-12-14(16(36(31,32)33)15(13)20(21,22)23)17(24)26-18(25-12)27-3-2-4-28(6-5-27)19(30)29-7-9-35-10-8-29/h11H,2-10H2,1H3,(H2,24,25,26)(H,31,32,33)/p-1. The molecule has 12 nitrogen and oxygen atoms in total. The fourth-order valence-corrected chi connectivity index (χ4v) is 5.26. The van der Waals surface area contributed by atoms with E-state index in [0.29, 0.717) is 58.9 Å². The minimum atomic E-state index is -5.65. The summed E-state index contributed by atoms with van der Waals surface area (Å²) in [5, 5.41) is -0.721. The third kappa shape index (κ3) is 5.05. The van der Waals surface area contributed by atoms with Crippen molar-refractivity contribution in [3.8, 4) is 5.75 Å². The molecule has 0 saturated carbocycles. The van der Waals surface area contributed by atoms with E-state index in [2.05, 4.69) is 9.97 Å². The lowest BCUT2D eigenvalue weighted by molar-refractivity contribution is -0.141. The smallest absolute Gasteiger partial charge is 0.421 e. The number of nitrogens with two attached hydrogens (primary N) is 1. The fourth-order valence-electron chi connectivity index (χ4n) is 4.34. The van der Waals surface area contributed by atoms with E-state index in [0.717, 1.165) is 13.2 Å². The number of fused-ring (bicyclic) bond motifs is 1. The van der Waals surface area contributed by atoms with Crippen LogP contribution in [0.2, 0.25) is 0 Å². The lowest BCUT2D eigenvalue weighted by atomic mass is 10.1. The number of nitrogens with zero attached hydrogens (tertiary/aromatic N) is 5. The van der Waals surface area contributed by atoms with Crippen molar-refractivity contribution < 1.29 is 40.4 Å². The molecule has 2 aromatic rings. The molecule has 16 heteroatoms. The summed E-state index contributed by atoms with van der Waals surface area (Å²) in [6.45, 7) is 3.43. The summed E-state index contributed by atoms with van der Waals surface area (Å²) in [6, 6.07) is 0.759. The first kappa shape index (κ1) is 26.0. The first-order valence-corrected chi connectivity index (χ1v) is 12.4. The summed E-state index contributed by atoms with van der Waals surface area (Å²) < 4.78 is 87.0. The molecule has 0 aliphatic carbocycles. The minimum Gasteiger partial charge on any atom is -0.744 e. The summed E-state index contributed by atoms with van der Waals surface area (Å²) in [5.41, 5.74) is 3.85. The van der Waals surface area contributed by atoms with Crippen molar-refractivity contribution in [2.24, 2.45) is 0 Å². The number of hydrogen-bond acceptors (Lipinski definition) is 10. The molecule has 1 aromatic carbocycles. The van der Waals surface area contributed by atoms with E-state index in [-0.39, 0.29) is 17.5 Å². The van der Waals surface area contributed by atoms with Crippen LogP contribution in [0.1, 0.15) is 12.0 Å². The molecule has 2 N–H and O–H groups in total. The largest absolute Gasteiger partial charge is 0.744 e. The van der Waals surface area contributed by atoms with Gasteiger partial charge in [-0.05, 0) is 6.42 Å². The van der Waals surface area contributed by atoms with E-state index >= 15 is 0 Å². The van der Waals surface area contributed by atoms with Gasteiger partial charge in [-0.15, -0.1) is 0 Å². The Hall–Kier alpha value is -3.11. The predicted molar refractivity (Wildman–Crippen MR) is 120 cm³/mol. The first-order chi connectivity index (χ1) is 16.9. The monoisotopic (exact) mass is 533 g/mol. The van der Waals surface area contributed by atoms with Gasteiger partial charge in [0, 0.05) is 45.3 Å². The van der Waals surface area contributed by atoms with Gasteiger partial charge in [-0.25, -0.2) is 18.2 Å². The molecule has 4 rings (SSSR count). The maximum absolute atomic E-state index is 13.7. The average Bonchev–Trinajstić information content (AvgIpc) is 3.08. The molecule has 0 atom stereocenters. The summed E-state index contributed by atoms with van der Waals surface area (Å²) in [7, 11) is -4.74. The second-order valence-corrected chi connectivity index (χ2v) is 9.56. The van der Waals surface area contributed by atoms with Crippen molar-refractivity contribution in [3.05, 3.63) is 11.6 Å². The van der Waals surface area contributed by atoms with E-state index in [1.165, 1.54) is 0 Å². The second-order valence-electron chi connectivity index (χ2n) is 8.25. The molecule has 2 aliphatic heterocycles. The quantitative estimate of drug-likeness (QED) is 0.568. The molecule has 2 amide bonds. The Kier molecular flexibility index (Phi) is 7.03. The third-order valence-electron chi connectivity index (χ3n) is 6.01. The van der Waals surface area contributed by atoms with E-state index in [1.54, 1.807) is 14.7 Å². The maximum atomic E-state index is 13.7. The number of aromatic nitrogens is 2. The van der Waals surface area contributed by atoms with Crippen LogP contribution in [0, 0.1) is 0 Å². The Bertz CT molecular complexity index is 1270. The van der Waals surface area contributed by atoms with Gasteiger partial charge in [-0.2, -0.15) is 18.2 Å². The second kappa shape index (κ2) is 9.74. The molecule has 0 radical (unpaired) electrons. The minimum absolute atomic E-state index is 0.0248. The SMILES string of the molecule is COc1cc2nc(N3CCCN(C(=O)N4CCOCC4)CC3)nc(N)c2c(S(=O)(=O)[O-])c1C(F)(F)F. The third-order valence-corrected chi connectivity index (χ3v) is 6.91. The number of amides is 2. The number of morpholine rings is 1. The van der Waals surface area contributed by atoms with Crippen molar-refractivity contribution in [2.75, 3.05) is 70.2 Å². The number of urea groups is 1. The number of carbonyl (C=O) groups is 1. The number of carbonyl (C=O) groups excluding carboxylic acids is 1. The van der Waals surface area contributed by atoms with Crippen molar-refractivity contribution >= 4 is 38.8 Å². The molecule has 3 heterocycles. The Balaban J connectivity index is 1.70. The van der Waals surface area contributed by atoms with Gasteiger partial charge < -0.3 is 34.5 Å². The number of halogens is 3. The van der Waals surface area contributed by atoms with Crippen LogP contribution in [0.25, 0.3) is 10.9 Å². The van der Waals surface area contributed by atoms with Crippen LogP contribution >= 0.6 is 0 Å². The van der Waals surface area contributed by atoms with Crippen LogP contribution in [0.3, 0.4) is 0 Å². The molecule has 36 heavy (non-hydrogen) atoms. The van der Waals surface area contributed by atoms with Crippen molar-refractivity contribution in [3.63, 3.8) is 0 Å². The highest BCUT2D eigenvalue weighted by Crippen LogP contribution is 2.45. The Morgan fingerprint density at radius 1 is 1.11 bits per heavy atom. The van der Waals surface area contributed by atoms with Gasteiger partial charge >= 0.3 is 12.2 Å². The molecule has 2 saturated heterocycles. The molecule has 2 fully saturated rings. The van der Waals surface area contributed by atoms with Gasteiger partial charge in [0.25, 0.3) is 0 Å². The number of benzene rings is 1. The summed E-state index contributed by atoms with van der Waals surface area (Å²) in [6.07, 6.45) is -4.67. The molecule has 198 valence electrons. The normalized spacial score (nSPS) is 17.9. The first-order valence-electron chi connectivity index (χ1n) is 11.0. The molecule has 2 aliphatic rings. The van der Waals surface area contributed by atoms with E-state index in [1.807, 2.05) is 0 Å². The fraction of sp³-hybridized carbons (Fsp3) is 0.550. The predicted octanol–water partition coefficient (Wildman–Crippen LogP) is 1.11. The Labute approximate surface area is 204 Å². The van der Waals surface area contributed by atoms with Crippen LogP contribution < -0.4 is 15.4 Å². The molecule has 0 bridgehead atoms. The van der Waals surface area contributed by atoms with Gasteiger partial charge in [-0.1, -0.05) is 0 Å². The zero-order valence-electron chi connectivity index (χ0n) is 19.2. The molecule has 1 aromatic heterocycles. The molecular formula is C20H24F3N6O6S-. The molecule has 0 unspecified atom stereocenters. The molecular weight excluding hydrogens is 509 g/mol. The van der Waals surface area contributed by atoms with Gasteiger partial charge in [0.1, 0.15) is 27.2 Å². The van der Waals surface area contributed by atoms with Gasteiger partial charge in [-0.3, -0.25) is 0 Å². The highest BCUT2D eigenvalue weighted by molar-refractivity contribution is 7.86. The number of hydrogen-bond donors (Lipinski definition) is 1. The summed E-state index contributed by atoms with van der Waals surface area (Å²) in [4.78, 5) is 24.6. The van der Waals surface area contributed by atoms with Gasteiger partial charge in [0.05, 0.1) is 36.1 Å². The van der Waals surface area contributed by atoms with Crippen molar-refractivity contribution in [1.82, 2.24) is 19.8 Å². The number of methoxy groups -OCH3 is 1. The highest BCUT2D eigenvalue weighted by atomic mass is 32.2. The average molecular weight is 534 g/mol. The lowest BCUT2D eigenvalue weighted by Crippen LogP contribution is -2.49. The number of alkyl halides is 3. The number of rotatable bonds is 3.